The molecule has 0 radical (unpaired) electrons. The average molecular weight is 409 g/mol. The van der Waals surface area contributed by atoms with Crippen LogP contribution in [-0.4, -0.2) is 56.8 Å². The summed E-state index contributed by atoms with van der Waals surface area (Å²) in [7, 11) is 0. The summed E-state index contributed by atoms with van der Waals surface area (Å²) in [4.78, 5) is 28.9. The molecular formula is C19H21FN2O3S2. The molecule has 8 heteroatoms. The van der Waals surface area contributed by atoms with E-state index in [1.54, 1.807) is 23.1 Å². The van der Waals surface area contributed by atoms with Gasteiger partial charge in [-0.3, -0.25) is 14.5 Å². The third-order valence-electron chi connectivity index (χ3n) is 4.72. The zero-order valence-corrected chi connectivity index (χ0v) is 16.4. The summed E-state index contributed by atoms with van der Waals surface area (Å²) in [6, 6.07) is 5.96. The lowest BCUT2D eigenvalue weighted by Crippen LogP contribution is -2.49. The summed E-state index contributed by atoms with van der Waals surface area (Å²) in [5, 5.41) is 9.22. The Morgan fingerprint density at radius 3 is 2.96 bits per heavy atom. The normalized spacial score (nSPS) is 22.0. The number of halogens is 1. The minimum Gasteiger partial charge on any atom is -0.396 e. The molecule has 2 aliphatic rings. The summed E-state index contributed by atoms with van der Waals surface area (Å²) in [6.45, 7) is 0.566. The molecule has 0 bridgehead atoms. The standard InChI is InChI=1S/C19H21FN2O3S2/c20-14-5-3-4-13(10-14)11-16-18(25)22(19(26)27-16)12-17(24)21-8-2-1-6-15(21)7-9-23/h3-5,10-11,15,23H,1-2,6-9,12H2. The number of thiocarbonyl (C=S) groups is 1. The van der Waals surface area contributed by atoms with E-state index < -0.39 is 0 Å². The number of hydrogen-bond acceptors (Lipinski definition) is 5. The van der Waals surface area contributed by atoms with Gasteiger partial charge in [-0.15, -0.1) is 0 Å². The monoisotopic (exact) mass is 408 g/mol. The van der Waals surface area contributed by atoms with E-state index in [1.165, 1.54) is 17.0 Å². The van der Waals surface area contributed by atoms with Crippen molar-refractivity contribution in [3.63, 3.8) is 0 Å². The maximum absolute atomic E-state index is 13.3. The van der Waals surface area contributed by atoms with Gasteiger partial charge in [-0.2, -0.15) is 0 Å². The van der Waals surface area contributed by atoms with Crippen LogP contribution in [0.1, 0.15) is 31.2 Å². The number of likely N-dealkylation sites (tertiary alicyclic amines) is 1. The van der Waals surface area contributed by atoms with E-state index in [0.29, 0.717) is 27.8 Å². The van der Waals surface area contributed by atoms with Crippen molar-refractivity contribution in [2.75, 3.05) is 19.7 Å². The zero-order chi connectivity index (χ0) is 19.4. The van der Waals surface area contributed by atoms with Crippen LogP contribution < -0.4 is 0 Å². The highest BCUT2D eigenvalue weighted by molar-refractivity contribution is 8.26. The van der Waals surface area contributed by atoms with Crippen molar-refractivity contribution in [3.05, 3.63) is 40.6 Å². The smallest absolute Gasteiger partial charge is 0.266 e. The number of carbonyl (C=O) groups excluding carboxylic acids is 2. The fourth-order valence-electron chi connectivity index (χ4n) is 3.39. The fourth-order valence-corrected chi connectivity index (χ4v) is 4.64. The fraction of sp³-hybridized carbons (Fsp3) is 0.421. The van der Waals surface area contributed by atoms with Gasteiger partial charge in [0.1, 0.15) is 16.7 Å². The lowest BCUT2D eigenvalue weighted by Gasteiger charge is -2.36. The van der Waals surface area contributed by atoms with Crippen LogP contribution in [0.3, 0.4) is 0 Å². The van der Waals surface area contributed by atoms with E-state index in [1.807, 2.05) is 0 Å². The van der Waals surface area contributed by atoms with Crippen molar-refractivity contribution >= 4 is 46.2 Å². The molecule has 0 saturated carbocycles. The molecule has 1 aromatic rings. The Bertz CT molecular complexity index is 782. The highest BCUT2D eigenvalue weighted by Gasteiger charge is 2.36. The van der Waals surface area contributed by atoms with Gasteiger partial charge in [-0.25, -0.2) is 4.39 Å². The summed E-state index contributed by atoms with van der Waals surface area (Å²) in [5.41, 5.74) is 0.570. The first-order valence-electron chi connectivity index (χ1n) is 8.91. The second-order valence-corrected chi connectivity index (χ2v) is 8.25. The summed E-state index contributed by atoms with van der Waals surface area (Å²) in [6.07, 6.45) is 4.95. The van der Waals surface area contributed by atoms with Crippen molar-refractivity contribution in [3.8, 4) is 0 Å². The summed E-state index contributed by atoms with van der Waals surface area (Å²) >= 11 is 6.40. The van der Waals surface area contributed by atoms with E-state index in [2.05, 4.69) is 0 Å². The Morgan fingerprint density at radius 1 is 1.41 bits per heavy atom. The molecule has 27 heavy (non-hydrogen) atoms. The highest BCUT2D eigenvalue weighted by atomic mass is 32.2. The minimum atomic E-state index is -0.380. The Balaban J connectivity index is 1.70. The second kappa shape index (κ2) is 8.95. The molecule has 0 aromatic heterocycles. The van der Waals surface area contributed by atoms with E-state index in [9.17, 15) is 19.1 Å². The third kappa shape index (κ3) is 4.75. The molecule has 1 aromatic carbocycles. The quantitative estimate of drug-likeness (QED) is 0.600. The first-order chi connectivity index (χ1) is 13.0. The molecule has 1 atom stereocenters. The molecule has 2 saturated heterocycles. The van der Waals surface area contributed by atoms with E-state index >= 15 is 0 Å². The molecule has 5 nitrogen and oxygen atoms in total. The molecule has 2 heterocycles. The van der Waals surface area contributed by atoms with Gasteiger partial charge in [-0.1, -0.05) is 36.1 Å². The third-order valence-corrected chi connectivity index (χ3v) is 6.10. The van der Waals surface area contributed by atoms with Gasteiger partial charge in [-0.05, 0) is 49.5 Å². The van der Waals surface area contributed by atoms with E-state index in [4.69, 9.17) is 12.2 Å². The van der Waals surface area contributed by atoms with Gasteiger partial charge in [0, 0.05) is 19.2 Å². The number of thioether (sulfide) groups is 1. The van der Waals surface area contributed by atoms with Gasteiger partial charge < -0.3 is 10.0 Å². The topological polar surface area (TPSA) is 60.9 Å². The van der Waals surface area contributed by atoms with Crippen LogP contribution in [0.4, 0.5) is 4.39 Å². The zero-order valence-electron chi connectivity index (χ0n) is 14.8. The van der Waals surface area contributed by atoms with Crippen molar-refractivity contribution in [2.45, 2.75) is 31.7 Å². The largest absolute Gasteiger partial charge is 0.396 e. The predicted octanol–water partition coefficient (Wildman–Crippen LogP) is 2.79. The Morgan fingerprint density at radius 2 is 2.22 bits per heavy atom. The minimum absolute atomic E-state index is 0.0116. The van der Waals surface area contributed by atoms with Crippen LogP contribution in [-0.2, 0) is 9.59 Å². The predicted molar refractivity (Wildman–Crippen MR) is 107 cm³/mol. The maximum Gasteiger partial charge on any atom is 0.266 e. The highest BCUT2D eigenvalue weighted by Crippen LogP contribution is 2.33. The van der Waals surface area contributed by atoms with Gasteiger partial charge in [0.05, 0.1) is 4.91 Å². The summed E-state index contributed by atoms with van der Waals surface area (Å²) in [5.74, 6) is -0.871. The van der Waals surface area contributed by atoms with Crippen LogP contribution in [0.25, 0.3) is 6.08 Å². The maximum atomic E-state index is 13.3. The number of amides is 2. The molecule has 2 amide bonds. The number of piperidine rings is 1. The number of benzene rings is 1. The van der Waals surface area contributed by atoms with Crippen molar-refractivity contribution < 1.29 is 19.1 Å². The molecule has 1 N–H and O–H groups in total. The first-order valence-corrected chi connectivity index (χ1v) is 10.1. The van der Waals surface area contributed by atoms with Crippen LogP contribution in [0.15, 0.2) is 29.2 Å². The number of rotatable bonds is 5. The Hall–Kier alpha value is -1.77. The molecule has 0 spiro atoms. The van der Waals surface area contributed by atoms with Crippen molar-refractivity contribution in [2.24, 2.45) is 0 Å². The van der Waals surface area contributed by atoms with Gasteiger partial charge >= 0.3 is 0 Å². The molecule has 2 aliphatic heterocycles. The SMILES string of the molecule is O=C1C(=Cc2cccc(F)c2)SC(=S)N1CC(=O)N1CCCCC1CCO. The lowest BCUT2D eigenvalue weighted by molar-refractivity contribution is -0.138. The molecule has 1 unspecified atom stereocenters. The van der Waals surface area contributed by atoms with Crippen LogP contribution in [0, 0.1) is 5.82 Å². The number of aliphatic hydroxyl groups is 1. The molecule has 144 valence electrons. The molecular weight excluding hydrogens is 387 g/mol. The number of carbonyl (C=O) groups is 2. The van der Waals surface area contributed by atoms with E-state index in [-0.39, 0.29) is 36.8 Å². The van der Waals surface area contributed by atoms with Gasteiger partial charge in [0.2, 0.25) is 5.91 Å². The van der Waals surface area contributed by atoms with Gasteiger partial charge in [0.25, 0.3) is 5.91 Å². The number of aliphatic hydroxyl groups excluding tert-OH is 1. The lowest BCUT2D eigenvalue weighted by atomic mass is 9.99. The summed E-state index contributed by atoms with van der Waals surface area (Å²) < 4.78 is 13.7. The van der Waals surface area contributed by atoms with E-state index in [0.717, 1.165) is 31.0 Å². The Labute approximate surface area is 167 Å². The Kier molecular flexibility index (Phi) is 6.62. The van der Waals surface area contributed by atoms with Crippen LogP contribution in [0.2, 0.25) is 0 Å². The first kappa shape index (κ1) is 20.0. The molecule has 0 aliphatic carbocycles. The number of hydrogen-bond donors (Lipinski definition) is 1. The van der Waals surface area contributed by atoms with Crippen LogP contribution >= 0.6 is 24.0 Å². The van der Waals surface area contributed by atoms with Crippen molar-refractivity contribution in [1.29, 1.82) is 0 Å². The van der Waals surface area contributed by atoms with Crippen LogP contribution in [0.5, 0.6) is 0 Å². The molecule has 3 rings (SSSR count). The molecule has 2 fully saturated rings. The average Bonchev–Trinajstić information content (AvgIpc) is 2.90. The van der Waals surface area contributed by atoms with Gasteiger partial charge in [0.15, 0.2) is 0 Å². The number of nitrogens with zero attached hydrogens (tertiary/aromatic N) is 2. The second-order valence-electron chi connectivity index (χ2n) is 6.57. The van der Waals surface area contributed by atoms with Crippen molar-refractivity contribution in [1.82, 2.24) is 9.80 Å².